The second-order valence-electron chi connectivity index (χ2n) is 3.08. The molecule has 0 saturated carbocycles. The van der Waals surface area contributed by atoms with Gasteiger partial charge in [0.2, 0.25) is 0 Å². The largest absolute Gasteiger partial charge is 0.385 e. The molecule has 2 aromatic rings. The molecule has 0 aliphatic rings. The van der Waals surface area contributed by atoms with E-state index in [4.69, 9.17) is 0 Å². The molecule has 2 heterocycles. The van der Waals surface area contributed by atoms with Crippen LogP contribution in [0.4, 0.5) is 5.69 Å². The Morgan fingerprint density at radius 2 is 1.53 bits per heavy atom. The smallest absolute Gasteiger partial charge is 0.177 e. The van der Waals surface area contributed by atoms with Crippen LogP contribution in [0.15, 0.2) is 12.3 Å². The van der Waals surface area contributed by atoms with Gasteiger partial charge in [-0.15, -0.1) is 0 Å². The summed E-state index contributed by atoms with van der Waals surface area (Å²) in [5.41, 5.74) is 3.93. The summed E-state index contributed by atoms with van der Waals surface area (Å²) in [5.74, 6) is 0. The van der Waals surface area contributed by atoms with Gasteiger partial charge in [0, 0.05) is 7.05 Å². The number of imidazole rings is 1. The van der Waals surface area contributed by atoms with E-state index in [2.05, 4.69) is 15.4 Å². The van der Waals surface area contributed by atoms with E-state index in [1.54, 1.807) is 0 Å². The van der Waals surface area contributed by atoms with Crippen molar-refractivity contribution in [2.75, 3.05) is 12.4 Å². The van der Waals surface area contributed by atoms with Crippen molar-refractivity contribution in [1.29, 1.82) is 0 Å². The summed E-state index contributed by atoms with van der Waals surface area (Å²) in [5, 5.41) is 7.46. The van der Waals surface area contributed by atoms with Crippen molar-refractivity contribution in [3.63, 3.8) is 0 Å². The van der Waals surface area contributed by atoms with E-state index in [1.807, 2.05) is 79.2 Å². The summed E-state index contributed by atoms with van der Waals surface area (Å²) in [7, 11) is 1.89. The third-order valence-corrected chi connectivity index (χ3v) is 2.03. The van der Waals surface area contributed by atoms with Crippen molar-refractivity contribution in [2.45, 2.75) is 55.4 Å². The summed E-state index contributed by atoms with van der Waals surface area (Å²) in [6.45, 7) is 16.0. The zero-order chi connectivity index (χ0) is 15.4. The molecular formula is C15H30N4. The van der Waals surface area contributed by atoms with Gasteiger partial charge in [-0.25, -0.2) is 9.50 Å². The van der Waals surface area contributed by atoms with Gasteiger partial charge in [-0.1, -0.05) is 41.5 Å². The highest BCUT2D eigenvalue weighted by atomic mass is 15.3. The van der Waals surface area contributed by atoms with Crippen LogP contribution in [0.1, 0.15) is 52.9 Å². The molecule has 0 saturated heterocycles. The molecule has 0 atom stereocenters. The molecule has 4 nitrogen and oxygen atoms in total. The van der Waals surface area contributed by atoms with Crippen LogP contribution < -0.4 is 5.32 Å². The number of anilines is 1. The number of hydrogen-bond donors (Lipinski definition) is 1. The van der Waals surface area contributed by atoms with Crippen LogP contribution in [-0.4, -0.2) is 21.6 Å². The Bertz CT molecular complexity index is 447. The second kappa shape index (κ2) is 11.5. The monoisotopic (exact) mass is 266 g/mol. The molecule has 4 heteroatoms. The molecule has 19 heavy (non-hydrogen) atoms. The number of aryl methyl sites for hydroxylation is 2. The molecule has 0 aromatic carbocycles. The number of nitrogens with zero attached hydrogens (tertiary/aromatic N) is 3. The number of hydrogen-bond acceptors (Lipinski definition) is 3. The van der Waals surface area contributed by atoms with Gasteiger partial charge in [0.05, 0.1) is 23.3 Å². The van der Waals surface area contributed by atoms with Crippen LogP contribution in [0.25, 0.3) is 5.65 Å². The molecule has 110 valence electrons. The Morgan fingerprint density at radius 1 is 1.00 bits per heavy atom. The zero-order valence-corrected chi connectivity index (χ0v) is 14.0. The summed E-state index contributed by atoms with van der Waals surface area (Å²) < 4.78 is 1.85. The Balaban J connectivity index is 0. The molecule has 0 aliphatic carbocycles. The Hall–Kier alpha value is -1.58. The Labute approximate surface area is 118 Å². The van der Waals surface area contributed by atoms with Gasteiger partial charge in [0.25, 0.3) is 0 Å². The zero-order valence-electron chi connectivity index (χ0n) is 14.0. The van der Waals surface area contributed by atoms with Gasteiger partial charge in [0.15, 0.2) is 5.65 Å². The van der Waals surface area contributed by atoms with Crippen LogP contribution in [0.5, 0.6) is 0 Å². The summed E-state index contributed by atoms with van der Waals surface area (Å²) in [6, 6.07) is 1.99. The van der Waals surface area contributed by atoms with Crippen molar-refractivity contribution >= 4 is 11.3 Å². The Kier molecular flexibility index (Phi) is 12.0. The number of nitrogens with one attached hydrogen (secondary N) is 1. The van der Waals surface area contributed by atoms with Crippen molar-refractivity contribution < 1.29 is 0 Å². The van der Waals surface area contributed by atoms with E-state index in [0.29, 0.717) is 0 Å². The third-order valence-electron chi connectivity index (χ3n) is 2.03. The van der Waals surface area contributed by atoms with Gasteiger partial charge >= 0.3 is 0 Å². The predicted octanol–water partition coefficient (Wildman–Crippen LogP) is 4.47. The van der Waals surface area contributed by atoms with E-state index in [9.17, 15) is 0 Å². The van der Waals surface area contributed by atoms with Gasteiger partial charge in [-0.2, -0.15) is 5.10 Å². The van der Waals surface area contributed by atoms with E-state index >= 15 is 0 Å². The summed E-state index contributed by atoms with van der Waals surface area (Å²) in [4.78, 5) is 4.27. The minimum atomic E-state index is 0.880. The molecule has 0 amide bonds. The van der Waals surface area contributed by atoms with Crippen LogP contribution in [0.3, 0.4) is 0 Å². The molecule has 0 radical (unpaired) electrons. The number of rotatable bonds is 1. The fraction of sp³-hybridized carbons (Fsp3) is 0.600. The van der Waals surface area contributed by atoms with Crippen molar-refractivity contribution in [3.05, 3.63) is 23.7 Å². The quantitative estimate of drug-likeness (QED) is 0.828. The standard InChI is InChI=1S/C9H12N4.3C2H6/c1-6-4-8(10-3)9-11-5-7(2)13(9)12-6;3*1-2/h4-5,10H,1-3H3;3*1-2H3. The Morgan fingerprint density at radius 3 is 2.00 bits per heavy atom. The van der Waals surface area contributed by atoms with Crippen molar-refractivity contribution in [3.8, 4) is 0 Å². The normalized spacial score (nSPS) is 8.26. The molecule has 0 fully saturated rings. The molecule has 2 rings (SSSR count). The van der Waals surface area contributed by atoms with Crippen LogP contribution >= 0.6 is 0 Å². The van der Waals surface area contributed by atoms with Gasteiger partial charge in [-0.3, -0.25) is 0 Å². The maximum atomic E-state index is 4.36. The fourth-order valence-corrected chi connectivity index (χ4v) is 1.38. The van der Waals surface area contributed by atoms with E-state index < -0.39 is 0 Å². The fourth-order valence-electron chi connectivity index (χ4n) is 1.38. The van der Waals surface area contributed by atoms with Gasteiger partial charge in [0.1, 0.15) is 0 Å². The molecule has 0 aliphatic heterocycles. The molecular weight excluding hydrogens is 236 g/mol. The minimum absolute atomic E-state index is 0.880. The van der Waals surface area contributed by atoms with Crippen molar-refractivity contribution in [1.82, 2.24) is 14.6 Å². The number of fused-ring (bicyclic) bond motifs is 1. The van der Waals surface area contributed by atoms with Gasteiger partial charge < -0.3 is 5.32 Å². The first-order valence-electron chi connectivity index (χ1n) is 7.22. The maximum Gasteiger partial charge on any atom is 0.177 e. The topological polar surface area (TPSA) is 42.2 Å². The van der Waals surface area contributed by atoms with E-state index in [0.717, 1.165) is 22.7 Å². The lowest BCUT2D eigenvalue weighted by Crippen LogP contribution is -2.00. The van der Waals surface area contributed by atoms with Crippen LogP contribution in [0, 0.1) is 13.8 Å². The third kappa shape index (κ3) is 5.28. The van der Waals surface area contributed by atoms with E-state index in [-0.39, 0.29) is 0 Å². The highest BCUT2D eigenvalue weighted by Crippen LogP contribution is 2.15. The van der Waals surface area contributed by atoms with E-state index in [1.165, 1.54) is 0 Å². The lowest BCUT2D eigenvalue weighted by Gasteiger charge is -2.03. The molecule has 2 aromatic heterocycles. The first kappa shape index (κ1) is 19.8. The lowest BCUT2D eigenvalue weighted by atomic mass is 10.3. The average molecular weight is 266 g/mol. The SMILES string of the molecule is CC.CC.CC.CNc1cc(C)nn2c(C)cnc12. The molecule has 0 unspecified atom stereocenters. The highest BCUT2D eigenvalue weighted by molar-refractivity contribution is 5.67. The molecule has 1 N–H and O–H groups in total. The maximum absolute atomic E-state index is 4.36. The lowest BCUT2D eigenvalue weighted by molar-refractivity contribution is 0.871. The summed E-state index contributed by atoms with van der Waals surface area (Å²) >= 11 is 0. The number of aromatic nitrogens is 3. The highest BCUT2D eigenvalue weighted by Gasteiger charge is 2.05. The van der Waals surface area contributed by atoms with Crippen molar-refractivity contribution in [2.24, 2.45) is 0 Å². The molecule has 0 bridgehead atoms. The molecule has 0 spiro atoms. The van der Waals surface area contributed by atoms with Crippen LogP contribution in [0.2, 0.25) is 0 Å². The first-order chi connectivity index (χ1) is 9.22. The van der Waals surface area contributed by atoms with Gasteiger partial charge in [-0.05, 0) is 19.9 Å². The first-order valence-corrected chi connectivity index (χ1v) is 7.22. The van der Waals surface area contributed by atoms with Crippen LogP contribution in [-0.2, 0) is 0 Å². The average Bonchev–Trinajstić information content (AvgIpc) is 2.86. The summed E-state index contributed by atoms with van der Waals surface area (Å²) in [6.07, 6.45) is 1.82. The minimum Gasteiger partial charge on any atom is -0.385 e. The predicted molar refractivity (Wildman–Crippen MR) is 86.1 cm³/mol. The second-order valence-corrected chi connectivity index (χ2v) is 3.08.